The van der Waals surface area contributed by atoms with E-state index in [-0.39, 0.29) is 6.42 Å². The topological polar surface area (TPSA) is 70.9 Å². The summed E-state index contributed by atoms with van der Waals surface area (Å²) in [5, 5.41) is 16.5. The van der Waals surface area contributed by atoms with Gasteiger partial charge in [0.05, 0.1) is 0 Å². The smallest absolute Gasteiger partial charge is 0.303 e. The summed E-state index contributed by atoms with van der Waals surface area (Å²) in [4.78, 5) is 16.0. The number of nitrogens with zero attached hydrogens (tertiary/aromatic N) is 1. The molecule has 154 valence electrons. The van der Waals surface area contributed by atoms with Gasteiger partial charge >= 0.3 is 5.97 Å². The van der Waals surface area contributed by atoms with Crippen LogP contribution in [0.15, 0.2) is 84.0 Å². The third kappa shape index (κ3) is 6.21. The van der Waals surface area contributed by atoms with Crippen molar-refractivity contribution in [2.45, 2.75) is 26.3 Å². The molecule has 5 nitrogen and oxygen atoms in total. The lowest BCUT2D eigenvalue weighted by Crippen LogP contribution is -2.06. The lowest BCUT2D eigenvalue weighted by atomic mass is 10.0. The van der Waals surface area contributed by atoms with Crippen LogP contribution in [0, 0.1) is 0 Å². The summed E-state index contributed by atoms with van der Waals surface area (Å²) in [7, 11) is 0. The van der Waals surface area contributed by atoms with Gasteiger partial charge in [-0.25, -0.2) is 0 Å². The summed E-state index contributed by atoms with van der Waals surface area (Å²) in [6, 6.07) is 26.1. The van der Waals surface area contributed by atoms with Crippen LogP contribution in [0.4, 0.5) is 5.69 Å². The van der Waals surface area contributed by atoms with Crippen LogP contribution in [0.25, 0.3) is 0 Å². The van der Waals surface area contributed by atoms with E-state index in [9.17, 15) is 4.79 Å². The molecule has 2 N–H and O–H groups in total. The minimum atomic E-state index is -0.778. The Hall–Kier alpha value is -3.60. The van der Waals surface area contributed by atoms with Gasteiger partial charge in [0.1, 0.15) is 12.3 Å². The maximum absolute atomic E-state index is 10.7. The van der Waals surface area contributed by atoms with Gasteiger partial charge in [0.15, 0.2) is 0 Å². The van der Waals surface area contributed by atoms with Crippen molar-refractivity contribution >= 4 is 17.4 Å². The van der Waals surface area contributed by atoms with Gasteiger partial charge in [-0.05, 0) is 42.7 Å². The lowest BCUT2D eigenvalue weighted by molar-refractivity contribution is -0.136. The van der Waals surface area contributed by atoms with Crippen LogP contribution in [0.1, 0.15) is 35.6 Å². The molecule has 0 fully saturated rings. The highest BCUT2D eigenvalue weighted by Crippen LogP contribution is 2.16. The van der Waals surface area contributed by atoms with Crippen molar-refractivity contribution in [1.29, 1.82) is 0 Å². The normalized spacial score (nSPS) is 11.2. The number of aliphatic carboxylic acids is 1. The highest BCUT2D eigenvalue weighted by molar-refractivity contribution is 6.12. The van der Waals surface area contributed by atoms with Crippen molar-refractivity contribution in [2.75, 3.05) is 11.9 Å². The highest BCUT2D eigenvalue weighted by atomic mass is 16.6. The number of anilines is 1. The molecular weight excluding hydrogens is 376 g/mol. The minimum Gasteiger partial charge on any atom is -0.481 e. The van der Waals surface area contributed by atoms with Crippen molar-refractivity contribution in [1.82, 2.24) is 0 Å². The summed E-state index contributed by atoms with van der Waals surface area (Å²) in [5.41, 5.74) is 5.95. The Morgan fingerprint density at radius 1 is 0.933 bits per heavy atom. The molecule has 0 heterocycles. The third-order valence-corrected chi connectivity index (χ3v) is 4.61. The van der Waals surface area contributed by atoms with Crippen LogP contribution in [-0.2, 0) is 22.6 Å². The van der Waals surface area contributed by atoms with Gasteiger partial charge in [0.2, 0.25) is 0 Å². The number of aryl methyl sites for hydroxylation is 1. The molecule has 3 aromatic rings. The van der Waals surface area contributed by atoms with E-state index in [1.54, 1.807) is 0 Å². The zero-order chi connectivity index (χ0) is 21.2. The fourth-order valence-electron chi connectivity index (χ4n) is 3.07. The molecule has 3 aromatic carbocycles. The first-order chi connectivity index (χ1) is 14.7. The summed E-state index contributed by atoms with van der Waals surface area (Å²) in [5.74, 6) is -0.778. The summed E-state index contributed by atoms with van der Waals surface area (Å²) < 4.78 is 0. The zero-order valence-corrected chi connectivity index (χ0v) is 17.0. The Morgan fingerprint density at radius 3 is 2.37 bits per heavy atom. The van der Waals surface area contributed by atoms with E-state index in [2.05, 4.69) is 22.6 Å². The van der Waals surface area contributed by atoms with Crippen molar-refractivity contribution in [3.63, 3.8) is 0 Å². The highest BCUT2D eigenvalue weighted by Gasteiger charge is 2.09. The molecule has 5 heteroatoms. The molecule has 0 aliphatic carbocycles. The monoisotopic (exact) mass is 402 g/mol. The van der Waals surface area contributed by atoms with Gasteiger partial charge in [-0.1, -0.05) is 65.8 Å². The molecule has 3 rings (SSSR count). The standard InChI is InChI=1S/C25H26N2O3/c1-2-30-27-25(21-8-4-3-5-9-21)22-10-6-7-20(17-22)18-26-23-14-11-19(12-15-23)13-16-24(28)29/h3-12,14-15,17,26H,2,13,16,18H2,1H3,(H,28,29). The average molecular weight is 402 g/mol. The Labute approximate surface area is 177 Å². The van der Waals surface area contributed by atoms with Gasteiger partial charge in [-0.3, -0.25) is 4.79 Å². The second-order valence-electron chi connectivity index (χ2n) is 6.87. The largest absolute Gasteiger partial charge is 0.481 e. The molecule has 0 spiro atoms. The number of carbonyl (C=O) groups is 1. The van der Waals surface area contributed by atoms with Gasteiger partial charge in [-0.15, -0.1) is 0 Å². The number of hydrogen-bond acceptors (Lipinski definition) is 4. The number of benzene rings is 3. The van der Waals surface area contributed by atoms with Crippen molar-refractivity contribution in [3.05, 3.63) is 101 Å². The molecular formula is C25H26N2O3. The van der Waals surface area contributed by atoms with Crippen LogP contribution in [0.3, 0.4) is 0 Å². The SMILES string of the molecule is CCON=C(c1ccccc1)c1cccc(CNc2ccc(CCC(=O)O)cc2)c1. The van der Waals surface area contributed by atoms with Gasteiger partial charge < -0.3 is 15.3 Å². The Morgan fingerprint density at radius 2 is 1.67 bits per heavy atom. The molecule has 0 atom stereocenters. The molecule has 0 amide bonds. The average Bonchev–Trinajstić information content (AvgIpc) is 2.78. The van der Waals surface area contributed by atoms with Crippen molar-refractivity contribution in [3.8, 4) is 0 Å². The number of nitrogens with one attached hydrogen (secondary N) is 1. The van der Waals surface area contributed by atoms with E-state index in [0.717, 1.165) is 33.7 Å². The molecule has 0 saturated carbocycles. The molecule has 30 heavy (non-hydrogen) atoms. The molecule has 0 saturated heterocycles. The zero-order valence-electron chi connectivity index (χ0n) is 17.0. The van der Waals surface area contributed by atoms with E-state index in [0.29, 0.717) is 19.6 Å². The fraction of sp³-hybridized carbons (Fsp3) is 0.200. The van der Waals surface area contributed by atoms with Crippen LogP contribution in [0.2, 0.25) is 0 Å². The number of carboxylic acids is 1. The third-order valence-electron chi connectivity index (χ3n) is 4.61. The molecule has 0 aliphatic heterocycles. The van der Waals surface area contributed by atoms with Gasteiger partial charge in [0.25, 0.3) is 0 Å². The second kappa shape index (κ2) is 10.8. The summed E-state index contributed by atoms with van der Waals surface area (Å²) in [6.07, 6.45) is 0.686. The first-order valence-electron chi connectivity index (χ1n) is 10.0. The van der Waals surface area contributed by atoms with Gasteiger partial charge in [-0.2, -0.15) is 0 Å². The van der Waals surface area contributed by atoms with Crippen LogP contribution in [0.5, 0.6) is 0 Å². The van der Waals surface area contributed by atoms with E-state index >= 15 is 0 Å². The predicted octanol–water partition coefficient (Wildman–Crippen LogP) is 5.10. The number of rotatable bonds is 10. The summed E-state index contributed by atoms with van der Waals surface area (Å²) >= 11 is 0. The fourth-order valence-corrected chi connectivity index (χ4v) is 3.07. The maximum atomic E-state index is 10.7. The second-order valence-corrected chi connectivity index (χ2v) is 6.87. The molecule has 0 aliphatic rings. The molecule has 0 bridgehead atoms. The van der Waals surface area contributed by atoms with Crippen molar-refractivity contribution < 1.29 is 14.7 Å². The van der Waals surface area contributed by atoms with E-state index < -0.39 is 5.97 Å². The first kappa shape index (κ1) is 21.1. The van der Waals surface area contributed by atoms with E-state index in [4.69, 9.17) is 9.94 Å². The number of oxime groups is 1. The predicted molar refractivity (Wildman–Crippen MR) is 120 cm³/mol. The Kier molecular flexibility index (Phi) is 7.61. The minimum absolute atomic E-state index is 0.145. The first-order valence-corrected chi connectivity index (χ1v) is 10.0. The van der Waals surface area contributed by atoms with Gasteiger partial charge in [0, 0.05) is 29.8 Å². The molecule has 0 radical (unpaired) electrons. The van der Waals surface area contributed by atoms with Crippen LogP contribution >= 0.6 is 0 Å². The lowest BCUT2D eigenvalue weighted by Gasteiger charge is -2.11. The quantitative estimate of drug-likeness (QED) is 0.365. The van der Waals surface area contributed by atoms with E-state index in [1.165, 1.54) is 0 Å². The Balaban J connectivity index is 1.69. The molecule has 0 unspecified atom stereocenters. The Bertz CT molecular complexity index is 983. The number of hydrogen-bond donors (Lipinski definition) is 2. The summed E-state index contributed by atoms with van der Waals surface area (Å²) in [6.45, 7) is 3.10. The van der Waals surface area contributed by atoms with Crippen LogP contribution < -0.4 is 5.32 Å². The molecule has 0 aromatic heterocycles. The number of carboxylic acid groups (broad SMARTS) is 1. The van der Waals surface area contributed by atoms with Crippen molar-refractivity contribution in [2.24, 2.45) is 5.16 Å². The maximum Gasteiger partial charge on any atom is 0.303 e. The van der Waals surface area contributed by atoms with E-state index in [1.807, 2.05) is 73.7 Å². The van der Waals surface area contributed by atoms with Crippen LogP contribution in [-0.4, -0.2) is 23.4 Å².